The second-order valence-corrected chi connectivity index (χ2v) is 10.5. The molecule has 192 valence electrons. The quantitative estimate of drug-likeness (QED) is 0.490. The van der Waals surface area contributed by atoms with Crippen molar-refractivity contribution in [3.63, 3.8) is 0 Å². The Morgan fingerprint density at radius 1 is 0.865 bits per heavy atom. The van der Waals surface area contributed by atoms with E-state index in [-0.39, 0.29) is 23.9 Å². The molecule has 0 atom stereocenters. The first-order valence-electron chi connectivity index (χ1n) is 11.4. The number of rotatable bonds is 5. The molecule has 0 aliphatic carbocycles. The number of hydrogen-bond acceptors (Lipinski definition) is 5. The molecule has 0 spiro atoms. The van der Waals surface area contributed by atoms with E-state index in [0.717, 1.165) is 46.8 Å². The Labute approximate surface area is 211 Å². The molecule has 1 amide bonds. The first-order chi connectivity index (χ1) is 17.6. The second kappa shape index (κ2) is 9.56. The van der Waals surface area contributed by atoms with Gasteiger partial charge in [0.05, 0.1) is 4.90 Å². The van der Waals surface area contributed by atoms with Crippen LogP contribution < -0.4 is 15.0 Å². The van der Waals surface area contributed by atoms with E-state index in [4.69, 9.17) is 0 Å². The Morgan fingerprint density at radius 2 is 1.51 bits per heavy atom. The standard InChI is InChI=1S/C26H22F3N3O4S/c27-26(28,29)36-20-9-11-21(12-10-20)37(34,35)32-15-13-31(14-16-32)19-7-5-18(6-8-19)17-23-22-3-1-2-4-24(22)30-25(23)33/h1-12,17H,13-16H2,(H,30,33)/b23-17-. The topological polar surface area (TPSA) is 79.0 Å². The third-order valence-corrected chi connectivity index (χ3v) is 8.13. The summed E-state index contributed by atoms with van der Waals surface area (Å²) in [5, 5.41) is 2.85. The third-order valence-electron chi connectivity index (χ3n) is 6.21. The number of carbonyl (C=O) groups is 1. The fraction of sp³-hybridized carbons (Fsp3) is 0.192. The smallest absolute Gasteiger partial charge is 0.406 e. The number of nitrogens with one attached hydrogen (secondary N) is 1. The van der Waals surface area contributed by atoms with Crippen LogP contribution in [0.15, 0.2) is 77.7 Å². The number of carbonyl (C=O) groups excluding carboxylic acids is 1. The van der Waals surface area contributed by atoms with Gasteiger partial charge in [-0.05, 0) is 54.1 Å². The normalized spacial score (nSPS) is 17.5. The van der Waals surface area contributed by atoms with Gasteiger partial charge in [0.15, 0.2) is 0 Å². The van der Waals surface area contributed by atoms with Crippen LogP contribution >= 0.6 is 0 Å². The van der Waals surface area contributed by atoms with Crippen LogP contribution in [0.1, 0.15) is 11.1 Å². The van der Waals surface area contributed by atoms with Gasteiger partial charge in [-0.15, -0.1) is 13.2 Å². The lowest BCUT2D eigenvalue weighted by Crippen LogP contribution is -2.48. The molecule has 2 aliphatic heterocycles. The zero-order valence-corrected chi connectivity index (χ0v) is 20.2. The van der Waals surface area contributed by atoms with E-state index in [2.05, 4.69) is 15.0 Å². The monoisotopic (exact) mass is 529 g/mol. The van der Waals surface area contributed by atoms with Crippen molar-refractivity contribution in [1.29, 1.82) is 0 Å². The minimum Gasteiger partial charge on any atom is -0.406 e. The van der Waals surface area contributed by atoms with Crippen molar-refractivity contribution in [1.82, 2.24) is 4.31 Å². The maximum absolute atomic E-state index is 13.0. The summed E-state index contributed by atoms with van der Waals surface area (Å²) in [4.78, 5) is 14.3. The molecule has 7 nitrogen and oxygen atoms in total. The summed E-state index contributed by atoms with van der Waals surface area (Å²) in [5.41, 5.74) is 4.03. The lowest BCUT2D eigenvalue weighted by atomic mass is 10.0. The number of amides is 1. The Bertz CT molecular complexity index is 1450. The second-order valence-electron chi connectivity index (χ2n) is 8.56. The summed E-state index contributed by atoms with van der Waals surface area (Å²) in [7, 11) is -3.85. The number of para-hydroxylation sites is 1. The van der Waals surface area contributed by atoms with Crippen molar-refractivity contribution in [3.05, 3.63) is 83.9 Å². The molecule has 0 unspecified atom stereocenters. The number of halogens is 3. The lowest BCUT2D eigenvalue weighted by molar-refractivity contribution is -0.274. The molecule has 2 aliphatic rings. The third kappa shape index (κ3) is 5.32. The first-order valence-corrected chi connectivity index (χ1v) is 12.9. The minimum atomic E-state index is -4.84. The highest BCUT2D eigenvalue weighted by Crippen LogP contribution is 2.33. The predicted molar refractivity (Wildman–Crippen MR) is 133 cm³/mol. The van der Waals surface area contributed by atoms with Crippen molar-refractivity contribution in [2.75, 3.05) is 36.4 Å². The predicted octanol–water partition coefficient (Wildman–Crippen LogP) is 4.59. The summed E-state index contributed by atoms with van der Waals surface area (Å²) in [6.45, 7) is 1.35. The van der Waals surface area contributed by atoms with Crippen LogP contribution in [-0.2, 0) is 14.8 Å². The highest BCUT2D eigenvalue weighted by Gasteiger charge is 2.32. The molecule has 1 N–H and O–H groups in total. The van der Waals surface area contributed by atoms with Gasteiger partial charge in [-0.3, -0.25) is 4.79 Å². The van der Waals surface area contributed by atoms with E-state index in [1.807, 2.05) is 54.6 Å². The van der Waals surface area contributed by atoms with Gasteiger partial charge < -0.3 is 15.0 Å². The van der Waals surface area contributed by atoms with Gasteiger partial charge in [-0.25, -0.2) is 8.42 Å². The SMILES string of the molecule is O=C1Nc2ccccc2/C1=C/c1ccc(N2CCN(S(=O)(=O)c3ccc(OC(F)(F)F)cc3)CC2)cc1. The molecule has 0 saturated carbocycles. The lowest BCUT2D eigenvalue weighted by Gasteiger charge is -2.35. The largest absolute Gasteiger partial charge is 0.573 e. The molecular weight excluding hydrogens is 507 g/mol. The number of ether oxygens (including phenoxy) is 1. The Morgan fingerprint density at radius 3 is 2.16 bits per heavy atom. The van der Waals surface area contributed by atoms with Crippen LogP contribution in [0.2, 0.25) is 0 Å². The summed E-state index contributed by atoms with van der Waals surface area (Å²) in [6.07, 6.45) is -3.01. The molecule has 1 saturated heterocycles. The van der Waals surface area contributed by atoms with E-state index >= 15 is 0 Å². The molecule has 3 aromatic rings. The Kier molecular flexibility index (Phi) is 6.42. The fourth-order valence-electron chi connectivity index (χ4n) is 4.38. The van der Waals surface area contributed by atoms with E-state index < -0.39 is 22.1 Å². The minimum absolute atomic E-state index is 0.0922. The van der Waals surface area contributed by atoms with Crippen LogP contribution in [0, 0.1) is 0 Å². The molecule has 3 aromatic carbocycles. The molecular formula is C26H22F3N3O4S. The van der Waals surface area contributed by atoms with Gasteiger partial charge in [0.25, 0.3) is 5.91 Å². The van der Waals surface area contributed by atoms with Gasteiger partial charge in [0.1, 0.15) is 5.75 Å². The average Bonchev–Trinajstić information content (AvgIpc) is 3.19. The number of nitrogens with zero attached hydrogens (tertiary/aromatic N) is 2. The Hall–Kier alpha value is -3.83. The van der Waals surface area contributed by atoms with Gasteiger partial charge in [-0.2, -0.15) is 4.31 Å². The molecule has 1 fully saturated rings. The number of benzene rings is 3. The molecule has 0 radical (unpaired) electrons. The van der Waals surface area contributed by atoms with Crippen molar-refractivity contribution >= 4 is 39.0 Å². The number of anilines is 2. The number of sulfonamides is 1. The highest BCUT2D eigenvalue weighted by atomic mass is 32.2. The van der Waals surface area contributed by atoms with Crippen molar-refractivity contribution < 1.29 is 31.1 Å². The molecule has 5 rings (SSSR count). The zero-order valence-electron chi connectivity index (χ0n) is 19.4. The van der Waals surface area contributed by atoms with Crippen molar-refractivity contribution in [2.45, 2.75) is 11.3 Å². The fourth-order valence-corrected chi connectivity index (χ4v) is 5.80. The van der Waals surface area contributed by atoms with Gasteiger partial charge in [0.2, 0.25) is 10.0 Å². The van der Waals surface area contributed by atoms with E-state index in [9.17, 15) is 26.4 Å². The average molecular weight is 530 g/mol. The van der Waals surface area contributed by atoms with Gasteiger partial charge in [-0.1, -0.05) is 30.3 Å². The summed E-state index contributed by atoms with van der Waals surface area (Å²) < 4.78 is 68.1. The number of alkyl halides is 3. The molecule has 11 heteroatoms. The van der Waals surface area contributed by atoms with Crippen LogP contribution in [0.4, 0.5) is 24.5 Å². The summed E-state index contributed by atoms with van der Waals surface area (Å²) >= 11 is 0. The molecule has 37 heavy (non-hydrogen) atoms. The van der Waals surface area contributed by atoms with Gasteiger partial charge in [0, 0.05) is 48.7 Å². The van der Waals surface area contributed by atoms with Crippen LogP contribution in [-0.4, -0.2) is 51.2 Å². The highest BCUT2D eigenvalue weighted by molar-refractivity contribution is 7.89. The zero-order chi connectivity index (χ0) is 26.2. The molecule has 0 bridgehead atoms. The van der Waals surface area contributed by atoms with E-state index in [1.54, 1.807) is 0 Å². The van der Waals surface area contributed by atoms with Gasteiger partial charge >= 0.3 is 6.36 Å². The van der Waals surface area contributed by atoms with Crippen molar-refractivity contribution in [2.24, 2.45) is 0 Å². The summed E-state index contributed by atoms with van der Waals surface area (Å²) in [6, 6.07) is 19.4. The van der Waals surface area contributed by atoms with Crippen LogP contribution in [0.3, 0.4) is 0 Å². The van der Waals surface area contributed by atoms with Crippen molar-refractivity contribution in [3.8, 4) is 5.75 Å². The molecule has 0 aromatic heterocycles. The maximum atomic E-state index is 13.0. The first kappa shape index (κ1) is 24.8. The summed E-state index contributed by atoms with van der Waals surface area (Å²) in [5.74, 6) is -0.627. The number of hydrogen-bond donors (Lipinski definition) is 1. The van der Waals surface area contributed by atoms with E-state index in [1.165, 1.54) is 4.31 Å². The number of fused-ring (bicyclic) bond motifs is 1. The Balaban J connectivity index is 1.23. The van der Waals surface area contributed by atoms with Crippen LogP contribution in [0.5, 0.6) is 5.75 Å². The molecule has 2 heterocycles. The van der Waals surface area contributed by atoms with E-state index in [0.29, 0.717) is 18.7 Å². The number of piperazine rings is 1. The maximum Gasteiger partial charge on any atom is 0.573 e. The van der Waals surface area contributed by atoms with Crippen LogP contribution in [0.25, 0.3) is 11.6 Å².